The maximum atomic E-state index is 14.8. The number of benzene rings is 4. The number of carbonyl (C=O) groups excluding carboxylic acids is 5. The minimum atomic E-state index is -1.20. The zero-order valence-electron chi connectivity index (χ0n) is 44.0. The lowest BCUT2D eigenvalue weighted by atomic mass is 9.88. The molecule has 19 heteroatoms. The number of unbranched alkanes of at least 4 members (excludes halogenated alkanes) is 1. The number of amides is 3. The number of hydrogen-bond acceptors (Lipinski definition) is 14. The van der Waals surface area contributed by atoms with Crippen molar-refractivity contribution in [3.05, 3.63) is 107 Å². The number of ketones is 2. The predicted molar refractivity (Wildman–Crippen MR) is 303 cm³/mol. The van der Waals surface area contributed by atoms with Crippen LogP contribution in [0.5, 0.6) is 11.5 Å². The topological polar surface area (TPSA) is 293 Å². The van der Waals surface area contributed by atoms with Crippen molar-refractivity contribution in [1.82, 2.24) is 20.4 Å². The van der Waals surface area contributed by atoms with Crippen LogP contribution in [0.3, 0.4) is 0 Å². The maximum Gasteiger partial charge on any atom is 0.246 e. The van der Waals surface area contributed by atoms with Gasteiger partial charge in [0.1, 0.15) is 53.7 Å². The first kappa shape index (κ1) is 61.4. The summed E-state index contributed by atoms with van der Waals surface area (Å²) < 4.78 is 12.3. The number of nitriles is 3. The molecule has 7 atom stereocenters. The predicted octanol–water partition coefficient (Wildman–Crippen LogP) is 6.69. The highest BCUT2D eigenvalue weighted by Gasteiger charge is 2.43. The lowest BCUT2D eigenvalue weighted by Gasteiger charge is -2.32. The molecule has 0 saturated carbocycles. The fourth-order valence-electron chi connectivity index (χ4n) is 8.72. The van der Waals surface area contributed by atoms with Crippen LogP contribution < -0.4 is 37.3 Å². The number of alkyl halides is 2. The summed E-state index contributed by atoms with van der Waals surface area (Å²) in [4.78, 5) is 74.0. The lowest BCUT2D eigenvalue weighted by molar-refractivity contribution is -0.142. The van der Waals surface area contributed by atoms with Crippen molar-refractivity contribution < 1.29 is 33.4 Å². The third kappa shape index (κ3) is 18.0. The summed E-state index contributed by atoms with van der Waals surface area (Å²) in [7, 11) is 1.54. The first-order valence-corrected chi connectivity index (χ1v) is 28.1. The van der Waals surface area contributed by atoms with Crippen molar-refractivity contribution >= 4 is 61.1 Å². The molecule has 3 aliphatic heterocycles. The first-order chi connectivity index (χ1) is 37.1. The molecule has 3 aliphatic rings. The fourth-order valence-corrected chi connectivity index (χ4v) is 8.86. The van der Waals surface area contributed by atoms with E-state index in [1.807, 2.05) is 30.3 Å². The highest BCUT2D eigenvalue weighted by molar-refractivity contribution is 9.12. The summed E-state index contributed by atoms with van der Waals surface area (Å²) in [5.41, 5.74) is 23.7. The monoisotopic (exact) mass is 1180 g/mol. The molecule has 0 radical (unpaired) electrons. The fraction of sp³-hybridized carbons (Fsp3) is 0.448. The molecule has 7 rings (SSSR count). The average molecular weight is 1180 g/mol. The van der Waals surface area contributed by atoms with E-state index in [4.69, 9.17) is 37.2 Å². The number of aryl methyl sites for hydroxylation is 1. The van der Waals surface area contributed by atoms with E-state index in [-0.39, 0.29) is 68.8 Å². The number of Topliss-reactive ketones (excluding diaryl/α,β-unsaturated/α-hetero) is 2. The Bertz CT molecular complexity index is 2770. The molecular weight excluding hydrogens is 1110 g/mol. The Morgan fingerprint density at radius 3 is 1.99 bits per heavy atom. The molecule has 4 aromatic rings. The van der Waals surface area contributed by atoms with Crippen molar-refractivity contribution in [3.63, 3.8) is 0 Å². The molecule has 0 aromatic heterocycles. The van der Waals surface area contributed by atoms with Crippen molar-refractivity contribution in [3.8, 4) is 52.0 Å². The molecule has 2 fully saturated rings. The van der Waals surface area contributed by atoms with E-state index in [9.17, 15) is 29.2 Å². The molecule has 17 nitrogen and oxygen atoms in total. The maximum absolute atomic E-state index is 14.8. The van der Waals surface area contributed by atoms with Gasteiger partial charge in [-0.1, -0.05) is 113 Å². The van der Waals surface area contributed by atoms with Crippen LogP contribution in [0.1, 0.15) is 85.5 Å². The van der Waals surface area contributed by atoms with Gasteiger partial charge in [0, 0.05) is 79.8 Å². The zero-order chi connectivity index (χ0) is 56.0. The van der Waals surface area contributed by atoms with Crippen molar-refractivity contribution in [2.75, 3.05) is 58.3 Å². The highest BCUT2D eigenvalue weighted by atomic mass is 79.9. The smallest absolute Gasteiger partial charge is 0.246 e. The Morgan fingerprint density at radius 2 is 1.47 bits per heavy atom. The zero-order valence-corrected chi connectivity index (χ0v) is 47.2. The van der Waals surface area contributed by atoms with E-state index in [1.54, 1.807) is 56.4 Å². The molecule has 4 aromatic carbocycles. The number of nitrogens with one attached hydrogen (secondary N) is 2. The number of likely N-dealkylation sites (N-methyl/N-ethyl adjacent to an activating group) is 1. The molecule has 3 heterocycles. The number of ether oxygens (including phenoxy) is 2. The van der Waals surface area contributed by atoms with E-state index in [1.165, 1.54) is 15.4 Å². The van der Waals surface area contributed by atoms with E-state index >= 15 is 0 Å². The molecule has 2 saturated heterocycles. The first-order valence-electron chi connectivity index (χ1n) is 26.0. The number of fused-ring (bicyclic) bond motifs is 5. The summed E-state index contributed by atoms with van der Waals surface area (Å²) >= 11 is 6.17. The van der Waals surface area contributed by atoms with Crippen molar-refractivity contribution in [1.29, 1.82) is 15.8 Å². The van der Waals surface area contributed by atoms with Crippen molar-refractivity contribution in [2.45, 2.75) is 94.2 Å². The molecule has 408 valence electrons. The molecular formula is C58H70Br2N10O7. The summed E-state index contributed by atoms with van der Waals surface area (Å²) in [6.07, 6.45) is 3.75. The Hall–Kier alpha value is -6.50. The largest absolute Gasteiger partial charge is 0.492 e. The quantitative estimate of drug-likeness (QED) is 0.0350. The van der Waals surface area contributed by atoms with Gasteiger partial charge < -0.3 is 41.8 Å². The minimum Gasteiger partial charge on any atom is -0.492 e. The van der Waals surface area contributed by atoms with Gasteiger partial charge in [0.05, 0.1) is 24.8 Å². The van der Waals surface area contributed by atoms with E-state index in [0.717, 1.165) is 36.9 Å². The van der Waals surface area contributed by atoms with Crippen molar-refractivity contribution in [2.24, 2.45) is 29.0 Å². The van der Waals surface area contributed by atoms with Gasteiger partial charge in [-0.2, -0.15) is 15.8 Å². The van der Waals surface area contributed by atoms with Crippen LogP contribution in [0.2, 0.25) is 0 Å². The molecule has 4 bridgehead atoms. The summed E-state index contributed by atoms with van der Waals surface area (Å²) in [5.74, 6) is -2.87. The Balaban J connectivity index is 0.000000890. The van der Waals surface area contributed by atoms with Crippen LogP contribution in [0.15, 0.2) is 84.9 Å². The van der Waals surface area contributed by atoms with Gasteiger partial charge in [0.2, 0.25) is 17.7 Å². The van der Waals surface area contributed by atoms with Gasteiger partial charge in [0.25, 0.3) is 0 Å². The average Bonchev–Trinajstić information content (AvgIpc) is 4.41. The second-order valence-electron chi connectivity index (χ2n) is 19.2. The molecule has 3 unspecified atom stereocenters. The number of nitrogens with zero attached hydrogens (tertiary/aromatic N) is 5. The number of carbonyl (C=O) groups is 5. The van der Waals surface area contributed by atoms with Gasteiger partial charge in [-0.05, 0) is 84.3 Å². The molecule has 8 N–H and O–H groups in total. The van der Waals surface area contributed by atoms with Gasteiger partial charge in [0.15, 0.2) is 11.6 Å². The third-order valence-corrected chi connectivity index (χ3v) is 15.2. The SMILES string of the molecule is CCCCc1ccc(-c2ccc(C(=O)C[C@@H](CCCN)C(=O)N(C)[C@@H]3C(=O)C[C@@H](C)C(=O)N[C@H](C(=O)N4CC4C#N)Cc4ccc(OCCN)c(c4)-c4cc3ccc4OCCN)cc2)cc1.N#CC(Br)CBr.N#CC1CN1. The van der Waals surface area contributed by atoms with E-state index in [0.29, 0.717) is 64.0 Å². The van der Waals surface area contributed by atoms with Gasteiger partial charge >= 0.3 is 0 Å². The number of rotatable bonds is 20. The Kier molecular flexibility index (Phi) is 24.7. The molecule has 0 aliphatic carbocycles. The van der Waals surface area contributed by atoms with Crippen LogP contribution in [0.4, 0.5) is 0 Å². The van der Waals surface area contributed by atoms with Gasteiger partial charge in [-0.3, -0.25) is 29.3 Å². The van der Waals surface area contributed by atoms with E-state index < -0.39 is 53.5 Å². The molecule has 0 spiro atoms. The third-order valence-electron chi connectivity index (χ3n) is 13.2. The molecule has 3 amide bonds. The summed E-state index contributed by atoms with van der Waals surface area (Å²) in [6.45, 7) is 6.02. The number of hydrogen-bond donors (Lipinski definition) is 5. The molecule has 77 heavy (non-hydrogen) atoms. The van der Waals surface area contributed by atoms with E-state index in [2.05, 4.69) is 79.8 Å². The summed E-state index contributed by atoms with van der Waals surface area (Å²) in [5, 5.41) is 31.8. The van der Waals surface area contributed by atoms with Gasteiger partial charge in [-0.15, -0.1) is 0 Å². The number of halogens is 2. The second kappa shape index (κ2) is 31.0. The normalized spacial score (nSPS) is 19.0. The second-order valence-corrected chi connectivity index (χ2v) is 20.9. The van der Waals surface area contributed by atoms with Crippen LogP contribution in [-0.4, -0.2) is 120 Å². The number of nitrogens with two attached hydrogens (primary N) is 3. The van der Waals surface area contributed by atoms with Crippen LogP contribution in [0.25, 0.3) is 22.3 Å². The minimum absolute atomic E-state index is 0.0301. The van der Waals surface area contributed by atoms with Crippen LogP contribution in [0, 0.1) is 45.8 Å². The van der Waals surface area contributed by atoms with Crippen LogP contribution >= 0.6 is 31.9 Å². The van der Waals surface area contributed by atoms with Gasteiger partial charge in [-0.25, -0.2) is 0 Å². The highest BCUT2D eigenvalue weighted by Crippen LogP contribution is 2.41. The standard InChI is InChI=1S/C52H63N7O7.C3H3Br2N.C3H4N2/c1-4-5-7-34-9-12-36(13-10-34)37-14-16-38(17-15-37)45(60)30-40(8-6-21-53)51(63)58(3)49-39-18-20-48(66-25-23-55)43(29-39)42-27-35(11-19-47(42)65-24-22-54)28-44(52(64)59-32-41(59)31-56)57-50(62)33(2)26-46(49)61;4-1-3(5)2-6;4-1-3-2-5-3/h9-20,27,29,33,40-41,44,49H,4-8,21-26,28,30,32,53-55H2,1-3H3,(H,57,62);3H,1H2;3,5H,2H2/t33-,40-,41?,44+,49+,59?;;/m1../s1. The Morgan fingerprint density at radius 1 is 0.844 bits per heavy atom. The van der Waals surface area contributed by atoms with Crippen LogP contribution in [-0.2, 0) is 32.0 Å². The Labute approximate surface area is 469 Å². The lowest BCUT2D eigenvalue weighted by Crippen LogP contribution is -2.48. The summed E-state index contributed by atoms with van der Waals surface area (Å²) in [6, 6.07) is 29.9.